The maximum Gasteiger partial charge on any atom is 0.349 e. The molecule has 52 heavy (non-hydrogen) atoms. The fourth-order valence-corrected chi connectivity index (χ4v) is 5.99. The van der Waals surface area contributed by atoms with E-state index in [-0.39, 0.29) is 29.1 Å². The van der Waals surface area contributed by atoms with E-state index < -0.39 is 36.1 Å². The molecule has 3 N–H and O–H groups in total. The molecule has 2 heterocycles. The van der Waals surface area contributed by atoms with E-state index in [1.54, 1.807) is 18.2 Å². The number of hydrogen-bond acceptors (Lipinski definition) is 10. The lowest BCUT2D eigenvalue weighted by Crippen LogP contribution is -2.51. The molecule has 2 aliphatic heterocycles. The lowest BCUT2D eigenvalue weighted by Gasteiger charge is -2.42. The molecular formula is C38H36ClFN2O10. The second-order valence-electron chi connectivity index (χ2n) is 11.8. The van der Waals surface area contributed by atoms with Crippen molar-refractivity contribution in [3.63, 3.8) is 0 Å². The molecule has 0 radical (unpaired) electrons. The molecule has 1 saturated heterocycles. The highest BCUT2D eigenvalue weighted by Crippen LogP contribution is 2.38. The van der Waals surface area contributed by atoms with Crippen molar-refractivity contribution >= 4 is 35.5 Å². The van der Waals surface area contributed by atoms with Crippen molar-refractivity contribution in [1.82, 2.24) is 10.2 Å². The normalized spacial score (nSPS) is 17.9. The van der Waals surface area contributed by atoms with Crippen LogP contribution in [0.3, 0.4) is 0 Å². The summed E-state index contributed by atoms with van der Waals surface area (Å²) in [6, 6.07) is 27.6. The number of esters is 2. The highest BCUT2D eigenvalue weighted by atomic mass is 35.5. The van der Waals surface area contributed by atoms with E-state index in [1.807, 2.05) is 18.2 Å². The Labute approximate surface area is 303 Å². The standard InChI is InChI=1S/C20H22ClFN2O2.C18H14O8/c21-15-9-14(10-16(22)11-15)12-25-19-13-26-18-4-2-1-3-17(18)20(19)24-7-5-23-6-8-24;19-15(20)13(25-17(23)11-7-3-1-4-8-11)14(16(21)22)26-18(24)12-9-5-2-6-10-12/h1-4,9-11,19-20,23H,5-8,12-13H2;1-10,13-14H,(H,19,20)(H,21,22)/t19-,20-;/m0./s1. The number of carboxylic acid groups (broad SMARTS) is 2. The average molecular weight is 735 g/mol. The summed E-state index contributed by atoms with van der Waals surface area (Å²) in [6.07, 6.45) is -4.55. The van der Waals surface area contributed by atoms with Crippen molar-refractivity contribution in [3.05, 3.63) is 136 Å². The number of para-hydroxylation sites is 1. The Bertz CT molecular complexity index is 1750. The molecule has 12 nitrogen and oxygen atoms in total. The summed E-state index contributed by atoms with van der Waals surface area (Å²) in [4.78, 5) is 49.3. The van der Waals surface area contributed by atoms with Gasteiger partial charge in [-0.05, 0) is 54.1 Å². The number of carbonyl (C=O) groups excluding carboxylic acids is 2. The van der Waals surface area contributed by atoms with Gasteiger partial charge in [0, 0.05) is 36.8 Å². The number of halogens is 2. The maximum absolute atomic E-state index is 13.6. The van der Waals surface area contributed by atoms with E-state index in [9.17, 15) is 33.8 Å². The first-order valence-electron chi connectivity index (χ1n) is 16.3. The van der Waals surface area contributed by atoms with Gasteiger partial charge in [0.1, 0.15) is 24.3 Å². The molecular weight excluding hydrogens is 699 g/mol. The van der Waals surface area contributed by atoms with Crippen LogP contribution in [-0.4, -0.2) is 90.1 Å². The van der Waals surface area contributed by atoms with E-state index in [1.165, 1.54) is 60.7 Å². The lowest BCUT2D eigenvalue weighted by atomic mass is 9.95. The maximum atomic E-state index is 13.6. The summed E-state index contributed by atoms with van der Waals surface area (Å²) >= 11 is 5.95. The minimum atomic E-state index is -2.21. The summed E-state index contributed by atoms with van der Waals surface area (Å²) in [7, 11) is 0. The number of nitrogens with zero attached hydrogens (tertiary/aromatic N) is 1. The van der Waals surface area contributed by atoms with Crippen molar-refractivity contribution in [3.8, 4) is 5.75 Å². The van der Waals surface area contributed by atoms with Crippen LogP contribution in [0.2, 0.25) is 5.02 Å². The number of rotatable bonds is 11. The van der Waals surface area contributed by atoms with Gasteiger partial charge in [0.2, 0.25) is 12.2 Å². The molecule has 1 fully saturated rings. The third kappa shape index (κ3) is 10.1. The molecule has 2 unspecified atom stereocenters. The van der Waals surface area contributed by atoms with Crippen LogP contribution in [0, 0.1) is 5.82 Å². The van der Waals surface area contributed by atoms with Crippen molar-refractivity contribution in [1.29, 1.82) is 0 Å². The van der Waals surface area contributed by atoms with Gasteiger partial charge in [-0.25, -0.2) is 23.6 Å². The molecule has 4 aromatic carbocycles. The smallest absolute Gasteiger partial charge is 0.349 e. The number of nitrogens with one attached hydrogen (secondary N) is 1. The fraction of sp³-hybridized carbons (Fsp3) is 0.263. The van der Waals surface area contributed by atoms with Crippen LogP contribution in [0.25, 0.3) is 0 Å². The molecule has 4 aromatic rings. The molecule has 0 aromatic heterocycles. The molecule has 0 saturated carbocycles. The first kappa shape index (κ1) is 37.9. The number of hydrogen-bond donors (Lipinski definition) is 3. The van der Waals surface area contributed by atoms with Crippen LogP contribution in [-0.2, 0) is 30.4 Å². The Balaban J connectivity index is 0.000000201. The van der Waals surface area contributed by atoms with Crippen molar-refractivity contribution in [2.24, 2.45) is 0 Å². The molecule has 4 atom stereocenters. The summed E-state index contributed by atoms with van der Waals surface area (Å²) in [6.45, 7) is 4.64. The average Bonchev–Trinajstić information content (AvgIpc) is 3.15. The van der Waals surface area contributed by atoms with Crippen LogP contribution >= 0.6 is 11.6 Å². The first-order valence-corrected chi connectivity index (χ1v) is 16.7. The molecule has 6 rings (SSSR count). The van der Waals surface area contributed by atoms with Gasteiger partial charge < -0.3 is 34.5 Å². The molecule has 0 spiro atoms. The van der Waals surface area contributed by atoms with Gasteiger partial charge in [-0.2, -0.15) is 0 Å². The molecule has 14 heteroatoms. The number of piperazine rings is 1. The topological polar surface area (TPSA) is 161 Å². The Morgan fingerprint density at radius 2 is 1.35 bits per heavy atom. The lowest BCUT2D eigenvalue weighted by molar-refractivity contribution is -0.166. The minimum absolute atomic E-state index is 0.0253. The van der Waals surface area contributed by atoms with Crippen molar-refractivity contribution in [2.75, 3.05) is 32.8 Å². The van der Waals surface area contributed by atoms with Crippen molar-refractivity contribution < 1.29 is 52.7 Å². The Hall–Kier alpha value is -5.34. The molecule has 0 amide bonds. The predicted octanol–water partition coefficient (Wildman–Crippen LogP) is 5.01. The number of fused-ring (bicyclic) bond motifs is 1. The number of aliphatic carboxylic acids is 2. The number of carboxylic acids is 2. The second kappa shape index (κ2) is 18.2. The van der Waals surface area contributed by atoms with Gasteiger partial charge in [0.25, 0.3) is 0 Å². The number of carbonyl (C=O) groups is 4. The Kier molecular flexibility index (Phi) is 13.3. The zero-order valence-corrected chi connectivity index (χ0v) is 28.5. The van der Waals surface area contributed by atoms with Crippen LogP contribution < -0.4 is 10.1 Å². The minimum Gasteiger partial charge on any atom is -0.490 e. The van der Waals surface area contributed by atoms with Gasteiger partial charge in [-0.1, -0.05) is 66.2 Å². The van der Waals surface area contributed by atoms with E-state index in [4.69, 9.17) is 30.5 Å². The van der Waals surface area contributed by atoms with Gasteiger partial charge in [-0.3, -0.25) is 4.90 Å². The third-order valence-corrected chi connectivity index (χ3v) is 8.39. The Morgan fingerprint density at radius 3 is 1.88 bits per heavy atom. The third-order valence-electron chi connectivity index (χ3n) is 8.17. The zero-order valence-electron chi connectivity index (χ0n) is 27.7. The van der Waals surface area contributed by atoms with Crippen LogP contribution in [0.15, 0.2) is 103 Å². The summed E-state index contributed by atoms with van der Waals surface area (Å²) in [5, 5.41) is 22.3. The highest BCUT2D eigenvalue weighted by molar-refractivity contribution is 6.30. The van der Waals surface area contributed by atoms with E-state index in [0.717, 1.165) is 43.1 Å². The highest BCUT2D eigenvalue weighted by Gasteiger charge is 2.41. The van der Waals surface area contributed by atoms with Crippen LogP contribution in [0.5, 0.6) is 5.75 Å². The van der Waals surface area contributed by atoms with Gasteiger partial charge >= 0.3 is 23.9 Å². The van der Waals surface area contributed by atoms with E-state index >= 15 is 0 Å². The van der Waals surface area contributed by atoms with Gasteiger partial charge in [0.05, 0.1) is 23.8 Å². The number of benzene rings is 4. The van der Waals surface area contributed by atoms with Gasteiger partial charge in [-0.15, -0.1) is 0 Å². The van der Waals surface area contributed by atoms with E-state index in [2.05, 4.69) is 16.3 Å². The molecule has 2 aliphatic rings. The first-order chi connectivity index (χ1) is 25.1. The fourth-order valence-electron chi connectivity index (χ4n) is 5.75. The van der Waals surface area contributed by atoms with Crippen molar-refractivity contribution in [2.45, 2.75) is 31.0 Å². The molecule has 0 bridgehead atoms. The second-order valence-corrected chi connectivity index (χ2v) is 12.2. The zero-order chi connectivity index (χ0) is 37.0. The molecule has 272 valence electrons. The quantitative estimate of drug-likeness (QED) is 0.177. The van der Waals surface area contributed by atoms with Crippen LogP contribution in [0.1, 0.15) is 37.9 Å². The summed E-state index contributed by atoms with van der Waals surface area (Å²) in [5.41, 5.74) is 1.94. The number of ether oxygens (including phenoxy) is 4. The summed E-state index contributed by atoms with van der Waals surface area (Å²) in [5.74, 6) is -5.06. The monoisotopic (exact) mass is 734 g/mol. The summed E-state index contributed by atoms with van der Waals surface area (Å²) < 4.78 is 35.2. The molecule has 0 aliphatic carbocycles. The largest absolute Gasteiger partial charge is 0.490 e. The SMILES string of the molecule is Fc1cc(Cl)cc(CO[C@H]2COc3ccccc3[C@@H]2N2CCNCC2)c1.O=C(OC(C(=O)O)C(OC(=O)c1ccccc1)C(=O)O)c1ccccc1. The van der Waals surface area contributed by atoms with E-state index in [0.29, 0.717) is 18.2 Å². The van der Waals surface area contributed by atoms with Crippen LogP contribution in [0.4, 0.5) is 4.39 Å². The Morgan fingerprint density at radius 1 is 0.808 bits per heavy atom. The predicted molar refractivity (Wildman–Crippen MR) is 186 cm³/mol. The van der Waals surface area contributed by atoms with Gasteiger partial charge in [0.15, 0.2) is 0 Å².